The second-order valence-electron chi connectivity index (χ2n) is 6.93. The summed E-state index contributed by atoms with van der Waals surface area (Å²) in [5.41, 5.74) is 3.93. The summed E-state index contributed by atoms with van der Waals surface area (Å²) >= 11 is 0. The van der Waals surface area contributed by atoms with Gasteiger partial charge in [0.2, 0.25) is 0 Å². The summed E-state index contributed by atoms with van der Waals surface area (Å²) in [5, 5.41) is 0.898. The highest BCUT2D eigenvalue weighted by Crippen LogP contribution is 2.37. The SMILES string of the molecule is COc1ccc(N2COc3ccc4c(-c5ccccc5)cc(=O)oc4c3C2)cc1. The predicted octanol–water partition coefficient (Wildman–Crippen LogP) is 4.83. The molecule has 0 fully saturated rings. The van der Waals surface area contributed by atoms with E-state index in [2.05, 4.69) is 4.90 Å². The van der Waals surface area contributed by atoms with Crippen molar-refractivity contribution in [1.82, 2.24) is 0 Å². The van der Waals surface area contributed by atoms with Crippen LogP contribution in [0.5, 0.6) is 11.5 Å². The fourth-order valence-corrected chi connectivity index (χ4v) is 3.75. The summed E-state index contributed by atoms with van der Waals surface area (Å²) in [5.74, 6) is 1.55. The van der Waals surface area contributed by atoms with Crippen molar-refractivity contribution in [3.8, 4) is 22.6 Å². The Labute approximate surface area is 167 Å². The standard InChI is InChI=1S/C24H19NO4/c1-27-18-9-7-17(8-10-18)25-14-21-22(28-15-25)12-11-19-20(13-23(26)29-24(19)21)16-5-3-2-4-6-16/h2-13H,14-15H2,1H3. The van der Waals surface area contributed by atoms with Crippen LogP contribution in [0.2, 0.25) is 0 Å². The maximum atomic E-state index is 12.4. The predicted molar refractivity (Wildman–Crippen MR) is 113 cm³/mol. The Bertz CT molecular complexity index is 1230. The minimum absolute atomic E-state index is 0.369. The highest BCUT2D eigenvalue weighted by atomic mass is 16.5. The third-order valence-electron chi connectivity index (χ3n) is 5.22. The van der Waals surface area contributed by atoms with Gasteiger partial charge in [-0.2, -0.15) is 0 Å². The number of rotatable bonds is 3. The third-order valence-corrected chi connectivity index (χ3v) is 5.22. The molecular formula is C24H19NO4. The highest BCUT2D eigenvalue weighted by molar-refractivity contribution is 5.96. The first kappa shape index (κ1) is 17.4. The molecule has 3 aromatic carbocycles. The molecule has 0 atom stereocenters. The number of hydrogen-bond donors (Lipinski definition) is 0. The summed E-state index contributed by atoms with van der Waals surface area (Å²) in [6.07, 6.45) is 0. The number of anilines is 1. The van der Waals surface area contributed by atoms with Crippen LogP contribution in [0.1, 0.15) is 5.56 Å². The molecule has 0 bridgehead atoms. The van der Waals surface area contributed by atoms with Crippen LogP contribution in [0.4, 0.5) is 5.69 Å². The molecule has 0 aliphatic carbocycles. The van der Waals surface area contributed by atoms with Gasteiger partial charge in [-0.15, -0.1) is 0 Å². The number of fused-ring (bicyclic) bond motifs is 3. The largest absolute Gasteiger partial charge is 0.497 e. The van der Waals surface area contributed by atoms with Crippen molar-refractivity contribution in [3.05, 3.63) is 88.8 Å². The molecule has 0 N–H and O–H groups in total. The van der Waals surface area contributed by atoms with Crippen LogP contribution < -0.4 is 20.0 Å². The number of methoxy groups -OCH3 is 1. The minimum atomic E-state index is -0.369. The molecule has 144 valence electrons. The molecule has 0 unspecified atom stereocenters. The first-order valence-corrected chi connectivity index (χ1v) is 9.40. The van der Waals surface area contributed by atoms with E-state index in [1.165, 1.54) is 0 Å². The van der Waals surface area contributed by atoms with E-state index in [1.807, 2.05) is 66.7 Å². The summed E-state index contributed by atoms with van der Waals surface area (Å²) in [4.78, 5) is 14.4. The molecule has 1 aliphatic rings. The van der Waals surface area contributed by atoms with Gasteiger partial charge in [-0.3, -0.25) is 0 Å². The molecule has 5 rings (SSSR count). The topological polar surface area (TPSA) is 51.9 Å². The Hall–Kier alpha value is -3.73. The molecule has 0 saturated carbocycles. The van der Waals surface area contributed by atoms with Crippen LogP contribution in [-0.2, 0) is 6.54 Å². The van der Waals surface area contributed by atoms with Gasteiger partial charge in [-0.1, -0.05) is 30.3 Å². The molecule has 1 aromatic heterocycles. The molecule has 0 saturated heterocycles. The van der Waals surface area contributed by atoms with Crippen LogP contribution >= 0.6 is 0 Å². The monoisotopic (exact) mass is 385 g/mol. The van der Waals surface area contributed by atoms with Gasteiger partial charge in [-0.25, -0.2) is 4.79 Å². The van der Waals surface area contributed by atoms with Crippen LogP contribution in [0.15, 0.2) is 82.0 Å². The maximum Gasteiger partial charge on any atom is 0.336 e. The Balaban J connectivity index is 1.62. The minimum Gasteiger partial charge on any atom is -0.497 e. The van der Waals surface area contributed by atoms with Gasteiger partial charge in [0.05, 0.1) is 19.2 Å². The Morgan fingerprint density at radius 1 is 0.966 bits per heavy atom. The number of ether oxygens (including phenoxy) is 2. The van der Waals surface area contributed by atoms with E-state index in [1.54, 1.807) is 13.2 Å². The van der Waals surface area contributed by atoms with Crippen molar-refractivity contribution in [2.45, 2.75) is 6.54 Å². The van der Waals surface area contributed by atoms with Gasteiger partial charge in [-0.05, 0) is 47.5 Å². The zero-order valence-electron chi connectivity index (χ0n) is 15.9. The van der Waals surface area contributed by atoms with Gasteiger partial charge in [0.25, 0.3) is 0 Å². The Morgan fingerprint density at radius 2 is 1.76 bits per heavy atom. The lowest BCUT2D eigenvalue weighted by atomic mass is 9.99. The number of hydrogen-bond acceptors (Lipinski definition) is 5. The second kappa shape index (κ2) is 7.02. The van der Waals surface area contributed by atoms with Crippen LogP contribution in [0.25, 0.3) is 22.1 Å². The normalized spacial score (nSPS) is 13.1. The van der Waals surface area contributed by atoms with Crippen LogP contribution in [0, 0.1) is 0 Å². The van der Waals surface area contributed by atoms with Crippen molar-refractivity contribution < 1.29 is 13.9 Å². The van der Waals surface area contributed by atoms with E-state index in [9.17, 15) is 4.79 Å². The van der Waals surface area contributed by atoms with Gasteiger partial charge in [0, 0.05) is 17.1 Å². The van der Waals surface area contributed by atoms with E-state index in [0.29, 0.717) is 18.9 Å². The number of benzene rings is 3. The Kier molecular flexibility index (Phi) is 4.21. The van der Waals surface area contributed by atoms with Crippen molar-refractivity contribution in [2.24, 2.45) is 0 Å². The summed E-state index contributed by atoms with van der Waals surface area (Å²) in [6, 6.07) is 23.1. The first-order valence-electron chi connectivity index (χ1n) is 9.40. The summed E-state index contributed by atoms with van der Waals surface area (Å²) in [7, 11) is 1.65. The molecule has 4 aromatic rings. The number of nitrogens with zero attached hydrogens (tertiary/aromatic N) is 1. The van der Waals surface area contributed by atoms with E-state index in [0.717, 1.165) is 39.3 Å². The summed E-state index contributed by atoms with van der Waals surface area (Å²) in [6.45, 7) is 1.01. The van der Waals surface area contributed by atoms with Gasteiger partial charge in [0.1, 0.15) is 17.1 Å². The average molecular weight is 385 g/mol. The first-order chi connectivity index (χ1) is 14.2. The molecule has 5 heteroatoms. The lowest BCUT2D eigenvalue weighted by Gasteiger charge is -2.31. The van der Waals surface area contributed by atoms with Crippen LogP contribution in [0.3, 0.4) is 0 Å². The van der Waals surface area contributed by atoms with E-state index < -0.39 is 0 Å². The lowest BCUT2D eigenvalue weighted by molar-refractivity contribution is 0.289. The van der Waals surface area contributed by atoms with Gasteiger partial charge < -0.3 is 18.8 Å². The van der Waals surface area contributed by atoms with Crippen molar-refractivity contribution in [2.75, 3.05) is 18.7 Å². The molecular weight excluding hydrogens is 366 g/mol. The fourth-order valence-electron chi connectivity index (χ4n) is 3.75. The fraction of sp³-hybridized carbons (Fsp3) is 0.125. The van der Waals surface area contributed by atoms with Crippen molar-refractivity contribution >= 4 is 16.7 Å². The van der Waals surface area contributed by atoms with Crippen LogP contribution in [-0.4, -0.2) is 13.8 Å². The molecule has 0 amide bonds. The third kappa shape index (κ3) is 3.10. The molecule has 2 heterocycles. The molecule has 5 nitrogen and oxygen atoms in total. The quantitative estimate of drug-likeness (QED) is 0.473. The average Bonchev–Trinajstić information content (AvgIpc) is 2.79. The molecule has 0 radical (unpaired) electrons. The van der Waals surface area contributed by atoms with Gasteiger partial charge in [0.15, 0.2) is 6.73 Å². The summed E-state index contributed by atoms with van der Waals surface area (Å²) < 4.78 is 16.9. The lowest BCUT2D eigenvalue weighted by Crippen LogP contribution is -2.32. The van der Waals surface area contributed by atoms with Crippen molar-refractivity contribution in [1.29, 1.82) is 0 Å². The smallest absolute Gasteiger partial charge is 0.336 e. The van der Waals surface area contributed by atoms with E-state index >= 15 is 0 Å². The molecule has 29 heavy (non-hydrogen) atoms. The Morgan fingerprint density at radius 3 is 2.52 bits per heavy atom. The zero-order chi connectivity index (χ0) is 19.8. The zero-order valence-corrected chi connectivity index (χ0v) is 15.9. The van der Waals surface area contributed by atoms with E-state index in [4.69, 9.17) is 13.9 Å². The van der Waals surface area contributed by atoms with Gasteiger partial charge >= 0.3 is 5.63 Å². The molecule has 0 spiro atoms. The highest BCUT2D eigenvalue weighted by Gasteiger charge is 2.23. The second-order valence-corrected chi connectivity index (χ2v) is 6.93. The van der Waals surface area contributed by atoms with Crippen molar-refractivity contribution in [3.63, 3.8) is 0 Å². The maximum absolute atomic E-state index is 12.4. The molecule has 1 aliphatic heterocycles. The van der Waals surface area contributed by atoms with E-state index in [-0.39, 0.29) is 5.63 Å².